The average Bonchev–Trinajstić information content (AvgIpc) is 3.04. The molecule has 1 rings (SSSR count). The van der Waals surface area contributed by atoms with Gasteiger partial charge in [0.25, 0.3) is 0 Å². The van der Waals surface area contributed by atoms with Crippen LogP contribution in [0.5, 0.6) is 0 Å². The maximum absolute atomic E-state index is 13.7. The molecule has 0 aliphatic heterocycles. The molecule has 0 aromatic heterocycles. The summed E-state index contributed by atoms with van der Waals surface area (Å²) in [7, 11) is 0. The van der Waals surface area contributed by atoms with Crippen LogP contribution in [0.4, 0.5) is 13.2 Å². The molecule has 0 unspecified atom stereocenters. The second-order valence-corrected chi connectivity index (χ2v) is 22.2. The Morgan fingerprint density at radius 1 is 0.960 bits per heavy atom. The van der Waals surface area contributed by atoms with E-state index in [1.165, 1.54) is 11.5 Å². The first kappa shape index (κ1) is 23.6. The molecule has 0 atom stereocenters. The second-order valence-electron chi connectivity index (χ2n) is 6.72. The molecular weight excluding hydrogens is 473 g/mol. The van der Waals surface area contributed by atoms with E-state index in [0.29, 0.717) is 33.9 Å². The molecule has 25 heavy (non-hydrogen) atoms. The van der Waals surface area contributed by atoms with E-state index in [0.717, 1.165) is 19.3 Å². The molecular formula is C17H31F3GeO3Zr. The van der Waals surface area contributed by atoms with Gasteiger partial charge in [-0.15, -0.1) is 0 Å². The van der Waals surface area contributed by atoms with Crippen LogP contribution in [0.3, 0.4) is 0 Å². The Morgan fingerprint density at radius 3 is 1.76 bits per heavy atom. The second kappa shape index (κ2) is 10.2. The molecule has 0 bridgehead atoms. The van der Waals surface area contributed by atoms with Crippen molar-refractivity contribution in [1.82, 2.24) is 0 Å². The number of rotatable bonds is 11. The Balaban J connectivity index is 3.40. The molecule has 146 valence electrons. The van der Waals surface area contributed by atoms with Gasteiger partial charge in [0, 0.05) is 0 Å². The van der Waals surface area contributed by atoms with Crippen molar-refractivity contribution in [3.8, 4) is 0 Å². The number of hydrogen-bond donors (Lipinski definition) is 0. The van der Waals surface area contributed by atoms with Gasteiger partial charge < -0.3 is 0 Å². The van der Waals surface area contributed by atoms with Crippen LogP contribution >= 0.6 is 0 Å². The van der Waals surface area contributed by atoms with Gasteiger partial charge in [-0.3, -0.25) is 0 Å². The van der Waals surface area contributed by atoms with Crippen LogP contribution in [-0.4, -0.2) is 38.1 Å². The van der Waals surface area contributed by atoms with Crippen molar-refractivity contribution in [2.45, 2.75) is 63.0 Å². The first-order chi connectivity index (χ1) is 11.7. The average molecular weight is 504 g/mol. The van der Waals surface area contributed by atoms with Crippen LogP contribution in [0.1, 0.15) is 46.5 Å². The van der Waals surface area contributed by atoms with E-state index in [1.807, 2.05) is 26.8 Å². The van der Waals surface area contributed by atoms with E-state index in [2.05, 4.69) is 0 Å². The zero-order chi connectivity index (χ0) is 19.1. The van der Waals surface area contributed by atoms with Crippen molar-refractivity contribution < 1.29 is 43.2 Å². The number of halogens is 3. The summed E-state index contributed by atoms with van der Waals surface area (Å²) in [5.41, 5.74) is 0. The third kappa shape index (κ3) is 5.77. The van der Waals surface area contributed by atoms with Gasteiger partial charge in [-0.05, 0) is 0 Å². The Labute approximate surface area is 158 Å². The zero-order valence-electron chi connectivity index (χ0n) is 16.0. The van der Waals surface area contributed by atoms with Gasteiger partial charge >= 0.3 is 159 Å². The van der Waals surface area contributed by atoms with E-state index >= 15 is 0 Å². The fourth-order valence-corrected chi connectivity index (χ4v) is 19.4. The van der Waals surface area contributed by atoms with Gasteiger partial charge in [-0.25, -0.2) is 0 Å². The van der Waals surface area contributed by atoms with Crippen molar-refractivity contribution in [2.75, 3.05) is 19.8 Å². The Bertz CT molecular complexity index is 468. The first-order valence-corrected chi connectivity index (χ1v) is 19.6. The first-order valence-electron chi connectivity index (χ1n) is 9.05. The predicted molar refractivity (Wildman–Crippen MR) is 93.0 cm³/mol. The Kier molecular flexibility index (Phi) is 9.65. The van der Waals surface area contributed by atoms with E-state index in [-0.39, 0.29) is 0 Å². The van der Waals surface area contributed by atoms with Crippen molar-refractivity contribution in [1.29, 1.82) is 0 Å². The summed E-state index contributed by atoms with van der Waals surface area (Å²) in [6, 6.07) is 0. The van der Waals surface area contributed by atoms with Crippen molar-refractivity contribution >= 4 is 13.3 Å². The van der Waals surface area contributed by atoms with Gasteiger partial charge in [0.05, 0.1) is 0 Å². The predicted octanol–water partition coefficient (Wildman–Crippen LogP) is 5.73. The summed E-state index contributed by atoms with van der Waals surface area (Å²) in [5, 5.41) is -4.16. The quantitative estimate of drug-likeness (QED) is 0.337. The molecule has 0 heterocycles. The summed E-state index contributed by atoms with van der Waals surface area (Å²) in [5.74, 6) is 2.81. The van der Waals surface area contributed by atoms with Crippen molar-refractivity contribution in [3.63, 3.8) is 0 Å². The number of hydrogen-bond acceptors (Lipinski definition) is 3. The summed E-state index contributed by atoms with van der Waals surface area (Å²) in [6.07, 6.45) is 6.29. The van der Waals surface area contributed by atoms with Crippen LogP contribution in [0.15, 0.2) is 19.8 Å². The molecule has 0 saturated carbocycles. The minimum absolute atomic E-state index is 0.451. The molecule has 1 aliphatic rings. The van der Waals surface area contributed by atoms with Gasteiger partial charge in [-0.2, -0.15) is 0 Å². The van der Waals surface area contributed by atoms with E-state index in [1.54, 1.807) is 6.08 Å². The molecule has 0 aromatic rings. The molecule has 0 aromatic carbocycles. The molecule has 0 radical (unpaired) electrons. The molecule has 1 aliphatic carbocycles. The van der Waals surface area contributed by atoms with Crippen LogP contribution in [0.2, 0.25) is 11.5 Å². The van der Waals surface area contributed by atoms with Crippen LogP contribution in [0, 0.1) is 0 Å². The fourth-order valence-electron chi connectivity index (χ4n) is 2.63. The summed E-state index contributed by atoms with van der Waals surface area (Å²) in [6.45, 7) is 7.32. The number of alkyl halides is 3. The summed E-state index contributed by atoms with van der Waals surface area (Å²) >= 11 is -8.49. The van der Waals surface area contributed by atoms with Crippen molar-refractivity contribution in [2.24, 2.45) is 0 Å². The van der Waals surface area contributed by atoms with Crippen LogP contribution in [-0.2, 0) is 30.0 Å². The minimum atomic E-state index is -4.25. The molecule has 0 spiro atoms. The van der Waals surface area contributed by atoms with Gasteiger partial charge in [-0.1, -0.05) is 0 Å². The standard InChI is InChI=1S/C8H10F3Ge.3C3H7O.Zr/c1-12(2,8(9,10)11)7-5-3-4-6-7;3*1-2-3-4;/h3,5H,4H2,1-2H3;3*2-3H2,1H3;/q;3*-1;+3. The third-order valence-electron chi connectivity index (χ3n) is 4.17. The fraction of sp³-hybridized carbons (Fsp3) is 0.765. The Morgan fingerprint density at radius 2 is 1.40 bits per heavy atom. The molecule has 0 amide bonds. The van der Waals surface area contributed by atoms with Crippen LogP contribution < -0.4 is 0 Å². The summed E-state index contributed by atoms with van der Waals surface area (Å²) in [4.78, 5) is 0. The molecule has 0 N–H and O–H groups in total. The van der Waals surface area contributed by atoms with Crippen LogP contribution in [0.25, 0.3) is 0 Å². The monoisotopic (exact) mass is 504 g/mol. The van der Waals surface area contributed by atoms with Gasteiger partial charge in [0.1, 0.15) is 0 Å². The molecule has 3 nitrogen and oxygen atoms in total. The topological polar surface area (TPSA) is 27.7 Å². The number of allylic oxidation sites excluding steroid dienone is 4. The van der Waals surface area contributed by atoms with Crippen molar-refractivity contribution in [3.05, 3.63) is 19.8 Å². The van der Waals surface area contributed by atoms with Gasteiger partial charge in [0.2, 0.25) is 0 Å². The maximum atomic E-state index is 13.7. The summed E-state index contributed by atoms with van der Waals surface area (Å²) < 4.78 is 60.7. The molecule has 8 heteroatoms. The third-order valence-corrected chi connectivity index (χ3v) is 19.5. The molecule has 0 fully saturated rings. The van der Waals surface area contributed by atoms with E-state index in [9.17, 15) is 13.2 Å². The van der Waals surface area contributed by atoms with E-state index < -0.39 is 39.9 Å². The SMILES string of the molecule is CCC[O][Zr]([O]CCC)([O]CCC)[C]1=[C]([Ge]([CH3])([CH3])[C](F)(F)F)C=CC1. The zero-order valence-corrected chi connectivity index (χ0v) is 20.5. The Hall–Kier alpha value is 0.576. The molecule has 0 saturated heterocycles. The van der Waals surface area contributed by atoms with E-state index in [4.69, 9.17) is 8.44 Å². The van der Waals surface area contributed by atoms with Gasteiger partial charge in [0.15, 0.2) is 0 Å². The normalized spacial score (nSPS) is 16.2.